The number of rotatable bonds is 5. The maximum atomic E-state index is 6.10. The van der Waals surface area contributed by atoms with Crippen LogP contribution >= 0.6 is 35.0 Å². The fourth-order valence-corrected chi connectivity index (χ4v) is 3.84. The molecule has 124 valence electrons. The van der Waals surface area contributed by atoms with Gasteiger partial charge in [0.2, 0.25) is 0 Å². The van der Waals surface area contributed by atoms with E-state index in [0.717, 1.165) is 17.9 Å². The summed E-state index contributed by atoms with van der Waals surface area (Å²) in [6.07, 6.45) is 4.66. The molecule has 8 heteroatoms. The molecule has 5 nitrogen and oxygen atoms in total. The van der Waals surface area contributed by atoms with Gasteiger partial charge in [-0.3, -0.25) is 0 Å². The summed E-state index contributed by atoms with van der Waals surface area (Å²) >= 11 is 14.1. The molecule has 3 aromatic rings. The molecule has 2 aromatic heterocycles. The lowest BCUT2D eigenvalue weighted by molar-refractivity contribution is 0.895. The summed E-state index contributed by atoms with van der Waals surface area (Å²) in [5.74, 6) is 1.42. The van der Waals surface area contributed by atoms with E-state index >= 15 is 0 Å². The monoisotopic (exact) mass is 379 g/mol. The SMILES string of the molecule is CSC1(CNc2ccc3nnc(-c4cc(Cl)cc(Cl)c4)n3n2)CC1. The van der Waals surface area contributed by atoms with Gasteiger partial charge >= 0.3 is 0 Å². The molecule has 2 heterocycles. The van der Waals surface area contributed by atoms with Gasteiger partial charge in [-0.2, -0.15) is 16.3 Å². The highest BCUT2D eigenvalue weighted by Crippen LogP contribution is 2.46. The Morgan fingerprint density at radius 2 is 1.92 bits per heavy atom. The molecule has 1 N–H and O–H groups in total. The van der Waals surface area contributed by atoms with E-state index < -0.39 is 0 Å². The predicted octanol–water partition coefficient (Wildman–Crippen LogP) is 4.41. The molecule has 1 aromatic carbocycles. The molecular weight excluding hydrogens is 365 g/mol. The van der Waals surface area contributed by atoms with E-state index in [9.17, 15) is 0 Å². The lowest BCUT2D eigenvalue weighted by atomic mass is 10.2. The number of halogens is 2. The van der Waals surface area contributed by atoms with Gasteiger partial charge in [0.15, 0.2) is 11.5 Å². The van der Waals surface area contributed by atoms with E-state index in [1.165, 1.54) is 12.8 Å². The van der Waals surface area contributed by atoms with Crippen LogP contribution < -0.4 is 5.32 Å². The summed E-state index contributed by atoms with van der Waals surface area (Å²) in [5, 5.41) is 17.5. The molecule has 0 unspecified atom stereocenters. The van der Waals surface area contributed by atoms with Gasteiger partial charge in [0, 0.05) is 26.9 Å². The summed E-state index contributed by atoms with van der Waals surface area (Å²) in [5.41, 5.74) is 1.46. The lowest BCUT2D eigenvalue weighted by Crippen LogP contribution is -2.18. The van der Waals surface area contributed by atoms with Crippen LogP contribution in [0.3, 0.4) is 0 Å². The van der Waals surface area contributed by atoms with Gasteiger partial charge in [0.25, 0.3) is 0 Å². The molecule has 1 saturated carbocycles. The van der Waals surface area contributed by atoms with Crippen LogP contribution in [0.1, 0.15) is 12.8 Å². The molecule has 0 atom stereocenters. The Bertz CT molecular complexity index is 886. The smallest absolute Gasteiger partial charge is 0.185 e. The second-order valence-corrected chi connectivity index (χ2v) is 8.06. The minimum Gasteiger partial charge on any atom is -0.367 e. The molecule has 0 saturated heterocycles. The van der Waals surface area contributed by atoms with E-state index in [1.807, 2.05) is 23.9 Å². The summed E-state index contributed by atoms with van der Waals surface area (Å²) < 4.78 is 2.08. The van der Waals surface area contributed by atoms with Gasteiger partial charge in [-0.15, -0.1) is 15.3 Å². The van der Waals surface area contributed by atoms with Crippen LogP contribution in [-0.2, 0) is 0 Å². The largest absolute Gasteiger partial charge is 0.367 e. The van der Waals surface area contributed by atoms with Crippen molar-refractivity contribution in [3.05, 3.63) is 40.4 Å². The molecule has 0 bridgehead atoms. The molecule has 0 spiro atoms. The molecule has 24 heavy (non-hydrogen) atoms. The topological polar surface area (TPSA) is 55.1 Å². The normalized spacial score (nSPS) is 15.6. The Balaban J connectivity index is 1.68. The van der Waals surface area contributed by atoms with Crippen molar-refractivity contribution < 1.29 is 0 Å². The Morgan fingerprint density at radius 1 is 1.17 bits per heavy atom. The van der Waals surface area contributed by atoms with Crippen LogP contribution in [0.5, 0.6) is 0 Å². The number of fused-ring (bicyclic) bond motifs is 1. The second kappa shape index (κ2) is 6.10. The van der Waals surface area contributed by atoms with Crippen molar-refractivity contribution in [1.82, 2.24) is 19.8 Å². The maximum absolute atomic E-state index is 6.10. The predicted molar refractivity (Wildman–Crippen MR) is 100 cm³/mol. The van der Waals surface area contributed by atoms with Crippen LogP contribution in [0.25, 0.3) is 17.0 Å². The second-order valence-electron chi connectivity index (χ2n) is 5.91. The minimum atomic E-state index is 0.368. The van der Waals surface area contributed by atoms with E-state index in [4.69, 9.17) is 23.2 Å². The highest BCUT2D eigenvalue weighted by atomic mass is 35.5. The van der Waals surface area contributed by atoms with E-state index in [0.29, 0.717) is 26.3 Å². The van der Waals surface area contributed by atoms with Crippen molar-refractivity contribution >= 4 is 46.4 Å². The first-order valence-corrected chi connectivity index (χ1v) is 9.55. The molecule has 0 amide bonds. The zero-order valence-electron chi connectivity index (χ0n) is 13.0. The summed E-state index contributed by atoms with van der Waals surface area (Å²) in [4.78, 5) is 0. The highest BCUT2D eigenvalue weighted by molar-refractivity contribution is 8.00. The number of nitrogens with zero attached hydrogens (tertiary/aromatic N) is 4. The summed E-state index contributed by atoms with van der Waals surface area (Å²) in [7, 11) is 0. The molecule has 0 radical (unpaired) electrons. The number of hydrogen-bond donors (Lipinski definition) is 1. The van der Waals surface area contributed by atoms with Gasteiger partial charge in [0.05, 0.1) is 0 Å². The molecule has 1 fully saturated rings. The third-order valence-corrected chi connectivity index (χ3v) is 6.07. The number of hydrogen-bond acceptors (Lipinski definition) is 5. The molecule has 1 aliphatic carbocycles. The van der Waals surface area contributed by atoms with Crippen molar-refractivity contribution in [2.75, 3.05) is 18.1 Å². The summed E-state index contributed by atoms with van der Waals surface area (Å²) in [6, 6.07) is 9.12. The minimum absolute atomic E-state index is 0.368. The van der Waals surface area contributed by atoms with Gasteiger partial charge in [-0.25, -0.2) is 0 Å². The average Bonchev–Trinajstić information content (AvgIpc) is 3.23. The van der Waals surface area contributed by atoms with Crippen LogP contribution in [0.15, 0.2) is 30.3 Å². The van der Waals surface area contributed by atoms with Crippen molar-refractivity contribution in [2.24, 2.45) is 0 Å². The van der Waals surface area contributed by atoms with Crippen molar-refractivity contribution in [3.8, 4) is 11.4 Å². The third-order valence-electron chi connectivity index (χ3n) is 4.22. The first kappa shape index (κ1) is 16.0. The summed E-state index contributed by atoms with van der Waals surface area (Å²) in [6.45, 7) is 0.910. The van der Waals surface area contributed by atoms with Gasteiger partial charge < -0.3 is 5.32 Å². The van der Waals surface area contributed by atoms with Crippen molar-refractivity contribution in [2.45, 2.75) is 17.6 Å². The number of nitrogens with one attached hydrogen (secondary N) is 1. The Labute approximate surface area is 153 Å². The molecule has 4 rings (SSSR count). The fraction of sp³-hybridized carbons (Fsp3) is 0.312. The molecule has 1 aliphatic rings. The number of anilines is 1. The standard InChI is InChI=1S/C16H15Cl2N5S/c1-24-16(4-5-16)9-19-13-2-3-14-20-21-15(23(14)22-13)10-6-11(17)8-12(18)7-10/h2-3,6-8H,4-5,9H2,1H3,(H,19,22). The number of benzene rings is 1. The van der Waals surface area contributed by atoms with Gasteiger partial charge in [-0.1, -0.05) is 23.2 Å². The van der Waals surface area contributed by atoms with Gasteiger partial charge in [-0.05, 0) is 49.4 Å². The van der Waals surface area contributed by atoms with Crippen LogP contribution in [0.4, 0.5) is 5.82 Å². The first-order chi connectivity index (χ1) is 11.6. The average molecular weight is 380 g/mol. The highest BCUT2D eigenvalue weighted by Gasteiger charge is 2.41. The third kappa shape index (κ3) is 3.06. The molecule has 0 aliphatic heterocycles. The van der Waals surface area contributed by atoms with Gasteiger partial charge in [0.1, 0.15) is 5.82 Å². The van der Waals surface area contributed by atoms with Crippen molar-refractivity contribution in [3.63, 3.8) is 0 Å². The van der Waals surface area contributed by atoms with Crippen LogP contribution in [0.2, 0.25) is 10.0 Å². The quantitative estimate of drug-likeness (QED) is 0.711. The van der Waals surface area contributed by atoms with Crippen molar-refractivity contribution in [1.29, 1.82) is 0 Å². The molecular formula is C16H15Cl2N5S. The van der Waals surface area contributed by atoms with E-state index in [1.54, 1.807) is 22.7 Å². The van der Waals surface area contributed by atoms with E-state index in [-0.39, 0.29) is 0 Å². The Hall–Kier alpha value is -1.50. The zero-order valence-corrected chi connectivity index (χ0v) is 15.3. The lowest BCUT2D eigenvalue weighted by Gasteiger charge is -2.13. The number of aromatic nitrogens is 4. The number of thioether (sulfide) groups is 1. The first-order valence-electron chi connectivity index (χ1n) is 7.57. The van der Waals surface area contributed by atoms with E-state index in [2.05, 4.69) is 26.9 Å². The zero-order chi connectivity index (χ0) is 16.7. The van der Waals surface area contributed by atoms with Crippen LogP contribution in [-0.4, -0.2) is 37.4 Å². The fourth-order valence-electron chi connectivity index (χ4n) is 2.59. The Morgan fingerprint density at radius 3 is 2.58 bits per heavy atom. The maximum Gasteiger partial charge on any atom is 0.185 e. The van der Waals surface area contributed by atoms with Crippen LogP contribution in [0, 0.1) is 0 Å². The Kier molecular flexibility index (Phi) is 4.06.